The van der Waals surface area contributed by atoms with Crippen LogP contribution >= 0.6 is 0 Å². The third-order valence-electron chi connectivity index (χ3n) is 3.81. The van der Waals surface area contributed by atoms with Crippen molar-refractivity contribution in [1.82, 2.24) is 0 Å². The lowest BCUT2D eigenvalue weighted by atomic mass is 9.77. The van der Waals surface area contributed by atoms with E-state index in [1.165, 1.54) is 0 Å². The van der Waals surface area contributed by atoms with Crippen LogP contribution in [0.4, 0.5) is 0 Å². The third-order valence-corrected chi connectivity index (χ3v) is 3.81. The molecule has 0 bridgehead atoms. The maximum absolute atomic E-state index is 11.5. The Morgan fingerprint density at radius 3 is 2.40 bits per heavy atom. The van der Waals surface area contributed by atoms with Crippen molar-refractivity contribution in [3.8, 4) is 11.5 Å². The largest absolute Gasteiger partial charge is 0.497 e. The Labute approximate surface area is 118 Å². The van der Waals surface area contributed by atoms with Crippen molar-refractivity contribution in [2.75, 3.05) is 26.9 Å². The minimum Gasteiger partial charge on any atom is -0.497 e. The molecule has 1 aliphatic rings. The lowest BCUT2D eigenvalue weighted by Crippen LogP contribution is -2.38. The van der Waals surface area contributed by atoms with Crippen LogP contribution in [0.2, 0.25) is 0 Å². The normalized spacial score (nSPS) is 17.4. The summed E-state index contributed by atoms with van der Waals surface area (Å²) in [7, 11) is 1.61. The summed E-state index contributed by atoms with van der Waals surface area (Å²) in [6.45, 7) is 1.41. The quantitative estimate of drug-likeness (QED) is 0.866. The van der Waals surface area contributed by atoms with E-state index in [4.69, 9.17) is 14.2 Å². The van der Waals surface area contributed by atoms with E-state index >= 15 is 0 Å². The predicted octanol–water partition coefficient (Wildman–Crippen LogP) is 2.35. The van der Waals surface area contributed by atoms with Crippen molar-refractivity contribution in [2.45, 2.75) is 19.3 Å². The second kappa shape index (κ2) is 6.61. The first-order valence-electron chi connectivity index (χ1n) is 6.74. The third kappa shape index (κ3) is 3.42. The van der Waals surface area contributed by atoms with Crippen LogP contribution in [-0.2, 0) is 9.53 Å². The highest BCUT2D eigenvalue weighted by molar-refractivity contribution is 5.74. The molecule has 20 heavy (non-hydrogen) atoms. The molecule has 1 saturated heterocycles. The van der Waals surface area contributed by atoms with Crippen LogP contribution in [-0.4, -0.2) is 38.0 Å². The maximum atomic E-state index is 11.5. The van der Waals surface area contributed by atoms with Crippen molar-refractivity contribution >= 4 is 5.97 Å². The molecule has 0 aliphatic carbocycles. The van der Waals surface area contributed by atoms with Gasteiger partial charge in [0.25, 0.3) is 0 Å². The van der Waals surface area contributed by atoms with Crippen LogP contribution in [0.25, 0.3) is 0 Å². The number of carboxylic acid groups (broad SMARTS) is 1. The van der Waals surface area contributed by atoms with Crippen LogP contribution < -0.4 is 9.47 Å². The number of methoxy groups -OCH3 is 1. The first-order chi connectivity index (χ1) is 9.66. The van der Waals surface area contributed by atoms with Crippen molar-refractivity contribution < 1.29 is 24.1 Å². The molecule has 5 nitrogen and oxygen atoms in total. The molecule has 5 heteroatoms. The van der Waals surface area contributed by atoms with Gasteiger partial charge >= 0.3 is 5.97 Å². The van der Waals surface area contributed by atoms with Gasteiger partial charge in [0.05, 0.1) is 19.1 Å². The molecule has 1 heterocycles. The van der Waals surface area contributed by atoms with Gasteiger partial charge in [-0.25, -0.2) is 0 Å². The standard InChI is InChI=1S/C15H20O5/c1-18-12-2-4-13(5-3-12)20-11-8-15(14(16)17)6-9-19-10-7-15/h2-5H,6-11H2,1H3,(H,16,17). The first-order valence-corrected chi connectivity index (χ1v) is 6.74. The minimum atomic E-state index is -0.751. The Balaban J connectivity index is 1.88. The molecule has 0 atom stereocenters. The van der Waals surface area contributed by atoms with Gasteiger partial charge in [-0.15, -0.1) is 0 Å². The molecule has 0 amide bonds. The number of hydrogen-bond acceptors (Lipinski definition) is 4. The van der Waals surface area contributed by atoms with Crippen molar-refractivity contribution in [2.24, 2.45) is 5.41 Å². The molecule has 0 aromatic heterocycles. The van der Waals surface area contributed by atoms with Crippen LogP contribution in [0, 0.1) is 5.41 Å². The van der Waals surface area contributed by atoms with E-state index in [0.29, 0.717) is 39.1 Å². The number of hydrogen-bond donors (Lipinski definition) is 1. The zero-order chi connectivity index (χ0) is 14.4. The van der Waals surface area contributed by atoms with E-state index in [-0.39, 0.29) is 0 Å². The fourth-order valence-electron chi connectivity index (χ4n) is 2.37. The molecule has 0 unspecified atom stereocenters. The lowest BCUT2D eigenvalue weighted by molar-refractivity contribution is -0.156. The van der Waals surface area contributed by atoms with E-state index in [1.54, 1.807) is 7.11 Å². The predicted molar refractivity (Wildman–Crippen MR) is 73.2 cm³/mol. The number of rotatable bonds is 6. The monoisotopic (exact) mass is 280 g/mol. The van der Waals surface area contributed by atoms with Crippen LogP contribution in [0.1, 0.15) is 19.3 Å². The number of carboxylic acids is 1. The van der Waals surface area contributed by atoms with Crippen molar-refractivity contribution in [1.29, 1.82) is 0 Å². The van der Waals surface area contributed by atoms with E-state index in [9.17, 15) is 9.90 Å². The van der Waals surface area contributed by atoms with Gasteiger partial charge in [-0.05, 0) is 43.5 Å². The SMILES string of the molecule is COc1ccc(OCCC2(C(=O)O)CCOCC2)cc1. The van der Waals surface area contributed by atoms with Gasteiger partial charge in [-0.2, -0.15) is 0 Å². The number of benzene rings is 1. The van der Waals surface area contributed by atoms with Gasteiger partial charge in [0.1, 0.15) is 11.5 Å². The number of aliphatic carboxylic acids is 1. The maximum Gasteiger partial charge on any atom is 0.309 e. The number of ether oxygens (including phenoxy) is 3. The Kier molecular flexibility index (Phi) is 4.84. The highest BCUT2D eigenvalue weighted by Crippen LogP contribution is 2.34. The summed E-state index contributed by atoms with van der Waals surface area (Å²) < 4.78 is 15.9. The van der Waals surface area contributed by atoms with Crippen LogP contribution in [0.15, 0.2) is 24.3 Å². The molecule has 1 aromatic rings. The summed E-state index contributed by atoms with van der Waals surface area (Å²) in [4.78, 5) is 11.5. The van der Waals surface area contributed by atoms with Gasteiger partial charge in [-0.1, -0.05) is 0 Å². The molecule has 0 spiro atoms. The molecule has 110 valence electrons. The van der Waals surface area contributed by atoms with Gasteiger partial charge in [0, 0.05) is 13.2 Å². The highest BCUT2D eigenvalue weighted by Gasteiger charge is 2.39. The van der Waals surface area contributed by atoms with E-state index in [1.807, 2.05) is 24.3 Å². The smallest absolute Gasteiger partial charge is 0.309 e. The molecular weight excluding hydrogens is 260 g/mol. The highest BCUT2D eigenvalue weighted by atomic mass is 16.5. The summed E-state index contributed by atoms with van der Waals surface area (Å²) in [5, 5.41) is 9.43. The minimum absolute atomic E-state index is 0.388. The summed E-state index contributed by atoms with van der Waals surface area (Å²) >= 11 is 0. The zero-order valence-electron chi connectivity index (χ0n) is 11.6. The lowest BCUT2D eigenvalue weighted by Gasteiger charge is -2.32. The van der Waals surface area contributed by atoms with Gasteiger partial charge < -0.3 is 19.3 Å². The molecule has 1 aliphatic heterocycles. The van der Waals surface area contributed by atoms with Gasteiger partial charge in [0.2, 0.25) is 0 Å². The molecular formula is C15H20O5. The van der Waals surface area contributed by atoms with Crippen LogP contribution in [0.3, 0.4) is 0 Å². The summed E-state index contributed by atoms with van der Waals surface area (Å²) in [5.41, 5.74) is -0.704. The second-order valence-electron chi connectivity index (χ2n) is 4.97. The Bertz CT molecular complexity index is 434. The fourth-order valence-corrected chi connectivity index (χ4v) is 2.37. The van der Waals surface area contributed by atoms with E-state index < -0.39 is 11.4 Å². The fraction of sp³-hybridized carbons (Fsp3) is 0.533. The average molecular weight is 280 g/mol. The Morgan fingerprint density at radius 2 is 1.85 bits per heavy atom. The van der Waals surface area contributed by atoms with Gasteiger partial charge in [-0.3, -0.25) is 4.79 Å². The summed E-state index contributed by atoms with van der Waals surface area (Å²) in [5.74, 6) is 0.737. The van der Waals surface area contributed by atoms with Crippen molar-refractivity contribution in [3.63, 3.8) is 0 Å². The number of carbonyl (C=O) groups is 1. The van der Waals surface area contributed by atoms with E-state index in [0.717, 1.165) is 11.5 Å². The average Bonchev–Trinajstić information content (AvgIpc) is 2.49. The van der Waals surface area contributed by atoms with E-state index in [2.05, 4.69) is 0 Å². The molecule has 1 aromatic carbocycles. The molecule has 1 N–H and O–H groups in total. The van der Waals surface area contributed by atoms with Crippen LogP contribution in [0.5, 0.6) is 11.5 Å². The van der Waals surface area contributed by atoms with Gasteiger partial charge in [0.15, 0.2) is 0 Å². The zero-order valence-corrected chi connectivity index (χ0v) is 11.6. The molecule has 0 radical (unpaired) electrons. The summed E-state index contributed by atoms with van der Waals surface area (Å²) in [6, 6.07) is 7.26. The summed E-state index contributed by atoms with van der Waals surface area (Å²) in [6.07, 6.45) is 1.60. The molecule has 1 fully saturated rings. The topological polar surface area (TPSA) is 65.0 Å². The second-order valence-corrected chi connectivity index (χ2v) is 4.97. The Hall–Kier alpha value is -1.75. The van der Waals surface area contributed by atoms with Crippen molar-refractivity contribution in [3.05, 3.63) is 24.3 Å². The first kappa shape index (κ1) is 14.7. The molecule has 2 rings (SSSR count). The Morgan fingerprint density at radius 1 is 1.25 bits per heavy atom. The molecule has 0 saturated carbocycles.